The summed E-state index contributed by atoms with van der Waals surface area (Å²) in [7, 11) is 1.00. The quantitative estimate of drug-likeness (QED) is 0.687. The lowest BCUT2D eigenvalue weighted by Crippen LogP contribution is -2.36. The van der Waals surface area contributed by atoms with E-state index in [1.54, 1.807) is 0 Å². The minimum absolute atomic E-state index is 0.0116. The van der Waals surface area contributed by atoms with Gasteiger partial charge in [-0.1, -0.05) is 11.8 Å². The molecular formula is C14H13F4NO2. The van der Waals surface area contributed by atoms with Gasteiger partial charge >= 0.3 is 6.18 Å². The van der Waals surface area contributed by atoms with E-state index in [0.29, 0.717) is 4.90 Å². The fraction of sp³-hybridized carbons (Fsp3) is 0.357. The first-order chi connectivity index (χ1) is 9.74. The topological polar surface area (TPSA) is 40.5 Å². The molecule has 0 saturated heterocycles. The molecule has 21 heavy (non-hydrogen) atoms. The summed E-state index contributed by atoms with van der Waals surface area (Å²) in [5.41, 5.74) is -0.129. The molecule has 7 heteroatoms. The molecular weight excluding hydrogens is 290 g/mol. The number of aliphatic hydroxyl groups excluding tert-OH is 1. The number of carbonyl (C=O) groups excluding carboxylic acids is 1. The second-order valence-corrected chi connectivity index (χ2v) is 4.24. The smallest absolute Gasteiger partial charge is 0.395 e. The van der Waals surface area contributed by atoms with Gasteiger partial charge < -0.3 is 10.0 Å². The summed E-state index contributed by atoms with van der Waals surface area (Å²) in [6, 6.07) is 3.04. The summed E-state index contributed by atoms with van der Waals surface area (Å²) in [5.74, 6) is 3.42. The Kier molecular flexibility index (Phi) is 5.73. The molecule has 0 aliphatic heterocycles. The SMILES string of the molecule is CN(CC(F)(F)F)C(=O)c1ccc(F)cc1C#CCCO. The average molecular weight is 303 g/mol. The Labute approximate surface area is 119 Å². The number of alkyl halides is 3. The highest BCUT2D eigenvalue weighted by Crippen LogP contribution is 2.18. The van der Waals surface area contributed by atoms with Crippen LogP contribution < -0.4 is 0 Å². The highest BCUT2D eigenvalue weighted by molar-refractivity contribution is 5.96. The Hall–Kier alpha value is -2.07. The third-order valence-corrected chi connectivity index (χ3v) is 2.44. The number of amides is 1. The molecule has 1 aromatic carbocycles. The molecule has 1 N–H and O–H groups in total. The lowest BCUT2D eigenvalue weighted by atomic mass is 10.1. The van der Waals surface area contributed by atoms with Gasteiger partial charge in [0.15, 0.2) is 0 Å². The van der Waals surface area contributed by atoms with Crippen LogP contribution in [0.4, 0.5) is 17.6 Å². The Morgan fingerprint density at radius 2 is 2.05 bits per heavy atom. The van der Waals surface area contributed by atoms with Crippen molar-refractivity contribution in [3.63, 3.8) is 0 Å². The molecule has 0 radical (unpaired) electrons. The summed E-state index contributed by atoms with van der Waals surface area (Å²) in [5, 5.41) is 8.62. The standard InChI is InChI=1S/C14H13F4NO2/c1-19(9-14(16,17)18)13(21)12-6-5-11(15)8-10(12)4-2-3-7-20/h5-6,8,20H,3,7,9H2,1H3. The maximum absolute atomic E-state index is 13.2. The molecule has 0 aliphatic carbocycles. The summed E-state index contributed by atoms with van der Waals surface area (Å²) in [6.07, 6.45) is -4.41. The van der Waals surface area contributed by atoms with Crippen LogP contribution in [-0.2, 0) is 0 Å². The Bertz CT molecular complexity index is 573. The minimum Gasteiger partial charge on any atom is -0.395 e. The zero-order valence-electron chi connectivity index (χ0n) is 11.2. The van der Waals surface area contributed by atoms with Gasteiger partial charge in [0.2, 0.25) is 0 Å². The van der Waals surface area contributed by atoms with Crippen molar-refractivity contribution >= 4 is 5.91 Å². The molecule has 0 heterocycles. The first-order valence-corrected chi connectivity index (χ1v) is 5.96. The third kappa shape index (κ3) is 5.44. The van der Waals surface area contributed by atoms with Crippen molar-refractivity contribution in [3.8, 4) is 11.8 Å². The van der Waals surface area contributed by atoms with E-state index in [-0.39, 0.29) is 24.2 Å². The van der Waals surface area contributed by atoms with Gasteiger partial charge in [0.25, 0.3) is 5.91 Å². The lowest BCUT2D eigenvalue weighted by Gasteiger charge is -2.19. The summed E-state index contributed by atoms with van der Waals surface area (Å²) in [6.45, 7) is -1.62. The van der Waals surface area contributed by atoms with E-state index in [0.717, 1.165) is 25.2 Å². The van der Waals surface area contributed by atoms with Gasteiger partial charge in [-0.05, 0) is 18.2 Å². The number of nitrogens with zero attached hydrogens (tertiary/aromatic N) is 1. The van der Waals surface area contributed by atoms with Crippen LogP contribution in [0.1, 0.15) is 22.3 Å². The number of rotatable bonds is 3. The highest BCUT2D eigenvalue weighted by Gasteiger charge is 2.32. The van der Waals surface area contributed by atoms with E-state index in [1.165, 1.54) is 0 Å². The first-order valence-electron chi connectivity index (χ1n) is 5.96. The lowest BCUT2D eigenvalue weighted by molar-refractivity contribution is -0.138. The van der Waals surface area contributed by atoms with Gasteiger partial charge in [0.05, 0.1) is 12.2 Å². The number of aliphatic hydroxyl groups is 1. The highest BCUT2D eigenvalue weighted by atomic mass is 19.4. The van der Waals surface area contributed by atoms with Gasteiger partial charge in [-0.3, -0.25) is 4.79 Å². The van der Waals surface area contributed by atoms with Crippen molar-refractivity contribution in [1.29, 1.82) is 0 Å². The van der Waals surface area contributed by atoms with Gasteiger partial charge in [0.1, 0.15) is 12.4 Å². The van der Waals surface area contributed by atoms with Gasteiger partial charge in [-0.25, -0.2) is 4.39 Å². The fourth-order valence-electron chi connectivity index (χ4n) is 1.57. The molecule has 0 bridgehead atoms. The van der Waals surface area contributed by atoms with E-state index >= 15 is 0 Å². The molecule has 0 saturated carbocycles. The maximum Gasteiger partial charge on any atom is 0.406 e. The Morgan fingerprint density at radius 1 is 1.38 bits per heavy atom. The molecule has 0 spiro atoms. The molecule has 0 aromatic heterocycles. The average Bonchev–Trinajstić information content (AvgIpc) is 2.36. The van der Waals surface area contributed by atoms with E-state index in [1.807, 2.05) is 0 Å². The molecule has 0 aliphatic rings. The largest absolute Gasteiger partial charge is 0.406 e. The van der Waals surface area contributed by atoms with Crippen LogP contribution in [-0.4, -0.2) is 42.3 Å². The molecule has 1 rings (SSSR count). The van der Waals surface area contributed by atoms with Crippen LogP contribution in [0.5, 0.6) is 0 Å². The van der Waals surface area contributed by atoms with E-state index in [9.17, 15) is 22.4 Å². The van der Waals surface area contributed by atoms with E-state index < -0.39 is 24.4 Å². The zero-order chi connectivity index (χ0) is 16.0. The molecule has 1 amide bonds. The predicted octanol–water partition coefficient (Wildman–Crippen LogP) is 2.19. The van der Waals surface area contributed by atoms with Crippen LogP contribution in [0.25, 0.3) is 0 Å². The number of hydrogen-bond donors (Lipinski definition) is 1. The number of hydrogen-bond acceptors (Lipinski definition) is 2. The van der Waals surface area contributed by atoms with Crippen LogP contribution in [0.15, 0.2) is 18.2 Å². The van der Waals surface area contributed by atoms with E-state index in [2.05, 4.69) is 11.8 Å². The third-order valence-electron chi connectivity index (χ3n) is 2.44. The molecule has 114 valence electrons. The zero-order valence-corrected chi connectivity index (χ0v) is 11.2. The van der Waals surface area contributed by atoms with Gasteiger partial charge in [-0.15, -0.1) is 0 Å². The molecule has 0 atom stereocenters. The van der Waals surface area contributed by atoms with Gasteiger partial charge in [0, 0.05) is 19.0 Å². The summed E-state index contributed by atoms with van der Waals surface area (Å²) in [4.78, 5) is 12.5. The van der Waals surface area contributed by atoms with Crippen molar-refractivity contribution in [3.05, 3.63) is 35.1 Å². The summed E-state index contributed by atoms with van der Waals surface area (Å²) >= 11 is 0. The number of carbonyl (C=O) groups is 1. The van der Waals surface area contributed by atoms with E-state index in [4.69, 9.17) is 5.11 Å². The first kappa shape index (κ1) is 17.0. The normalized spacial score (nSPS) is 10.8. The fourth-order valence-corrected chi connectivity index (χ4v) is 1.57. The van der Waals surface area contributed by atoms with Crippen LogP contribution in [0, 0.1) is 17.7 Å². The van der Waals surface area contributed by atoms with Crippen molar-refractivity contribution < 1.29 is 27.5 Å². The van der Waals surface area contributed by atoms with Crippen molar-refractivity contribution in [2.75, 3.05) is 20.2 Å². The second-order valence-electron chi connectivity index (χ2n) is 4.24. The molecule has 0 unspecified atom stereocenters. The Balaban J connectivity index is 3.07. The maximum atomic E-state index is 13.2. The molecule has 0 fully saturated rings. The van der Waals surface area contributed by atoms with Crippen molar-refractivity contribution in [2.45, 2.75) is 12.6 Å². The van der Waals surface area contributed by atoms with Crippen LogP contribution in [0.3, 0.4) is 0 Å². The summed E-state index contributed by atoms with van der Waals surface area (Å²) < 4.78 is 50.0. The minimum atomic E-state index is -4.52. The van der Waals surface area contributed by atoms with Crippen LogP contribution >= 0.6 is 0 Å². The Morgan fingerprint density at radius 3 is 2.62 bits per heavy atom. The monoisotopic (exact) mass is 303 g/mol. The number of halogens is 4. The van der Waals surface area contributed by atoms with Gasteiger partial charge in [-0.2, -0.15) is 13.2 Å². The molecule has 3 nitrogen and oxygen atoms in total. The predicted molar refractivity (Wildman–Crippen MR) is 68.0 cm³/mol. The second kappa shape index (κ2) is 7.09. The molecule has 1 aromatic rings. The van der Waals surface area contributed by atoms with Crippen molar-refractivity contribution in [2.24, 2.45) is 0 Å². The number of benzene rings is 1. The van der Waals surface area contributed by atoms with Crippen LogP contribution in [0.2, 0.25) is 0 Å². The van der Waals surface area contributed by atoms with Crippen molar-refractivity contribution in [1.82, 2.24) is 4.90 Å².